The Hall–Kier alpha value is -6.84. The number of aromatic nitrogens is 2. The average Bonchev–Trinajstić information content (AvgIpc) is 3.29. The number of aliphatic hydroxyl groups is 2. The minimum absolute atomic E-state index is 0.0719. The van der Waals surface area contributed by atoms with Crippen LogP contribution in [-0.2, 0) is 35.4 Å². The lowest BCUT2D eigenvalue weighted by Gasteiger charge is -2.28. The van der Waals surface area contributed by atoms with Crippen molar-refractivity contribution in [3.8, 4) is 11.5 Å². The molecule has 0 saturated carbocycles. The minimum Gasteiger partial charge on any atom is -0.508 e. The zero-order chi connectivity index (χ0) is 46.3. The number of nitrogens with two attached hydrogens (primary N) is 2. The summed E-state index contributed by atoms with van der Waals surface area (Å²) in [6, 6.07) is 35.6. The number of carbonyl (C=O) groups excluding carboxylic acids is 2. The summed E-state index contributed by atoms with van der Waals surface area (Å²) in [7, 11) is 0. The number of hydrogen-bond acceptors (Lipinski definition) is 12. The van der Waals surface area contributed by atoms with Crippen molar-refractivity contribution in [3.05, 3.63) is 178 Å². The molecule has 6 atom stereocenters. The Morgan fingerprint density at radius 3 is 1.48 bits per heavy atom. The molecule has 2 heterocycles. The smallest absolute Gasteiger partial charge is 0.228 e. The quantitative estimate of drug-likeness (QED) is 0.0429. The van der Waals surface area contributed by atoms with Crippen LogP contribution >= 0.6 is 0 Å². The molecular formula is C51H60N8O6. The van der Waals surface area contributed by atoms with Gasteiger partial charge >= 0.3 is 0 Å². The maximum atomic E-state index is 14.8. The molecule has 0 spiro atoms. The predicted molar refractivity (Wildman–Crippen MR) is 253 cm³/mol. The second-order valence-electron chi connectivity index (χ2n) is 16.6. The summed E-state index contributed by atoms with van der Waals surface area (Å²) in [5.41, 5.74) is 17.4. The van der Waals surface area contributed by atoms with Crippen LogP contribution in [0.25, 0.3) is 0 Å². The first kappa shape index (κ1) is 47.6. The molecule has 4 aromatic carbocycles. The zero-order valence-corrected chi connectivity index (χ0v) is 36.8. The second kappa shape index (κ2) is 23.2. The number of rotatable bonds is 22. The largest absolute Gasteiger partial charge is 0.508 e. The number of benzene rings is 4. The van der Waals surface area contributed by atoms with Gasteiger partial charge in [0, 0.05) is 61.8 Å². The van der Waals surface area contributed by atoms with Crippen LogP contribution in [0.4, 0.5) is 11.6 Å². The SMILES string of the molecule is C[C@H](Cc1cccc(C(C(=O)NCCc2cccc(O)c2)C(C(=O)NCc2cccc(O)c2)c2cccc(C[C@@H](C)NC[C@@H](O)c3ccc(N)nc3)c2)c1)NC[C@@H](O)c1ccc(N)nc1. The number of nitrogen functional groups attached to an aromatic ring is 2. The highest BCUT2D eigenvalue weighted by atomic mass is 16.3. The fourth-order valence-electron chi connectivity index (χ4n) is 7.88. The number of carbonyl (C=O) groups is 2. The number of hydrogen-bond donors (Lipinski definition) is 10. The Balaban J connectivity index is 1.28. The van der Waals surface area contributed by atoms with Gasteiger partial charge in [0.1, 0.15) is 23.1 Å². The van der Waals surface area contributed by atoms with E-state index in [9.17, 15) is 30.0 Å². The molecule has 2 unspecified atom stereocenters. The molecule has 0 aliphatic carbocycles. The van der Waals surface area contributed by atoms with Crippen molar-refractivity contribution < 1.29 is 30.0 Å². The van der Waals surface area contributed by atoms with E-state index in [2.05, 4.69) is 31.2 Å². The van der Waals surface area contributed by atoms with Crippen molar-refractivity contribution in [2.24, 2.45) is 0 Å². The molecule has 0 fully saturated rings. The van der Waals surface area contributed by atoms with Crippen LogP contribution in [0.3, 0.4) is 0 Å². The third-order valence-electron chi connectivity index (χ3n) is 11.3. The Morgan fingerprint density at radius 1 is 0.554 bits per heavy atom. The standard InChI is InChI=1S/C51H60N8O6/c1-32(55-30-44(62)40-15-17-46(52)57-28-40)21-35-8-3-11-38(23-35)48(50(64)54-20-19-34-7-5-13-42(60)25-34)49(51(65)59-27-37-10-6-14-43(61)26-37)39-12-4-9-36(24-39)22-33(2)56-31-45(63)41-16-18-47(53)58-29-41/h3-18,23-26,28-29,32-33,44-45,48-49,55-56,60-63H,19-22,27,30-31H2,1-2H3,(H2,52,57)(H2,53,58)(H,54,64)(H,59,65)/t32-,33-,44-,45-,48?,49?/m1/s1. The number of phenols is 2. The van der Waals surface area contributed by atoms with Crippen LogP contribution in [0.2, 0.25) is 0 Å². The fourth-order valence-corrected chi connectivity index (χ4v) is 7.88. The summed E-state index contributed by atoms with van der Waals surface area (Å²) in [6.45, 7) is 4.96. The maximum Gasteiger partial charge on any atom is 0.228 e. The van der Waals surface area contributed by atoms with Gasteiger partial charge in [0.15, 0.2) is 0 Å². The first-order chi connectivity index (χ1) is 31.3. The van der Waals surface area contributed by atoms with Crippen molar-refractivity contribution in [2.45, 2.75) is 75.8 Å². The summed E-state index contributed by atoms with van der Waals surface area (Å²) in [6.07, 6.45) is 3.10. The van der Waals surface area contributed by atoms with Gasteiger partial charge in [-0.2, -0.15) is 0 Å². The molecule has 0 aliphatic heterocycles. The minimum atomic E-state index is -0.995. The number of aromatic hydroxyl groups is 2. The molecule has 14 heteroatoms. The molecule has 340 valence electrons. The number of anilines is 2. The van der Waals surface area contributed by atoms with Crippen molar-refractivity contribution in [3.63, 3.8) is 0 Å². The van der Waals surface area contributed by atoms with Crippen LogP contribution in [0.1, 0.15) is 82.4 Å². The molecule has 6 aromatic rings. The van der Waals surface area contributed by atoms with E-state index in [0.717, 1.165) is 16.7 Å². The van der Waals surface area contributed by atoms with E-state index in [1.54, 1.807) is 79.1 Å². The van der Waals surface area contributed by atoms with E-state index in [4.69, 9.17) is 11.5 Å². The molecule has 0 bridgehead atoms. The van der Waals surface area contributed by atoms with Crippen LogP contribution in [-0.4, -0.2) is 73.9 Å². The fraction of sp³-hybridized carbons (Fsp3) is 0.294. The zero-order valence-electron chi connectivity index (χ0n) is 36.8. The Labute approximate surface area is 380 Å². The first-order valence-corrected chi connectivity index (χ1v) is 21.9. The van der Waals surface area contributed by atoms with Gasteiger partial charge in [-0.1, -0.05) is 84.9 Å². The molecular weight excluding hydrogens is 821 g/mol. The van der Waals surface area contributed by atoms with Crippen LogP contribution in [0, 0.1) is 0 Å². The Kier molecular flexibility index (Phi) is 17.0. The normalized spacial score (nSPS) is 14.1. The molecule has 6 rings (SSSR count). The number of pyridine rings is 2. The van der Waals surface area contributed by atoms with Crippen LogP contribution in [0.5, 0.6) is 11.5 Å². The highest BCUT2D eigenvalue weighted by Gasteiger charge is 2.37. The predicted octanol–water partition coefficient (Wildman–Crippen LogP) is 5.10. The molecule has 2 aromatic heterocycles. The van der Waals surface area contributed by atoms with Gasteiger partial charge in [0.2, 0.25) is 11.8 Å². The monoisotopic (exact) mass is 880 g/mol. The molecule has 0 radical (unpaired) electrons. The van der Waals surface area contributed by atoms with Gasteiger partial charge in [-0.25, -0.2) is 9.97 Å². The van der Waals surface area contributed by atoms with Gasteiger partial charge in [0.05, 0.1) is 24.0 Å². The molecule has 65 heavy (non-hydrogen) atoms. The van der Waals surface area contributed by atoms with Gasteiger partial charge in [-0.3, -0.25) is 9.59 Å². The van der Waals surface area contributed by atoms with E-state index in [0.29, 0.717) is 58.7 Å². The number of amides is 2. The Bertz CT molecular complexity index is 2470. The molecule has 0 aliphatic rings. The van der Waals surface area contributed by atoms with Crippen molar-refractivity contribution in [1.29, 1.82) is 0 Å². The van der Waals surface area contributed by atoms with Gasteiger partial charge in [-0.15, -0.1) is 0 Å². The first-order valence-electron chi connectivity index (χ1n) is 21.9. The van der Waals surface area contributed by atoms with E-state index < -0.39 is 24.0 Å². The Morgan fingerprint density at radius 2 is 1.00 bits per heavy atom. The molecule has 2 amide bonds. The summed E-state index contributed by atoms with van der Waals surface area (Å²) in [5.74, 6) is -1.76. The second-order valence-corrected chi connectivity index (χ2v) is 16.6. The van der Waals surface area contributed by atoms with Crippen LogP contribution in [0.15, 0.2) is 134 Å². The number of aliphatic hydroxyl groups excluding tert-OH is 2. The highest BCUT2D eigenvalue weighted by molar-refractivity contribution is 5.95. The topological polar surface area (TPSA) is 241 Å². The lowest BCUT2D eigenvalue weighted by molar-refractivity contribution is -0.129. The van der Waals surface area contributed by atoms with E-state index in [1.807, 2.05) is 68.4 Å². The number of phenolic OH excluding ortho intramolecular Hbond substituents is 2. The van der Waals surface area contributed by atoms with Gasteiger partial charge < -0.3 is 53.2 Å². The van der Waals surface area contributed by atoms with E-state index in [-0.39, 0.29) is 61.6 Å². The number of nitrogens with zero attached hydrogens (tertiary/aromatic N) is 2. The lowest BCUT2D eigenvalue weighted by atomic mass is 9.78. The highest BCUT2D eigenvalue weighted by Crippen LogP contribution is 2.36. The van der Waals surface area contributed by atoms with Gasteiger partial charge in [0.25, 0.3) is 0 Å². The summed E-state index contributed by atoms with van der Waals surface area (Å²) in [5, 5.41) is 54.8. The van der Waals surface area contributed by atoms with E-state index >= 15 is 0 Å². The maximum absolute atomic E-state index is 14.8. The van der Waals surface area contributed by atoms with Crippen molar-refractivity contribution >= 4 is 23.5 Å². The average molecular weight is 881 g/mol. The van der Waals surface area contributed by atoms with Crippen molar-refractivity contribution in [1.82, 2.24) is 31.2 Å². The molecule has 14 nitrogen and oxygen atoms in total. The summed E-state index contributed by atoms with van der Waals surface area (Å²) < 4.78 is 0. The van der Waals surface area contributed by atoms with E-state index in [1.165, 1.54) is 0 Å². The summed E-state index contributed by atoms with van der Waals surface area (Å²) in [4.78, 5) is 37.7. The van der Waals surface area contributed by atoms with Gasteiger partial charge in [-0.05, 0) is 103 Å². The summed E-state index contributed by atoms with van der Waals surface area (Å²) >= 11 is 0. The third kappa shape index (κ3) is 14.3. The lowest BCUT2D eigenvalue weighted by Crippen LogP contribution is -2.40. The van der Waals surface area contributed by atoms with Crippen LogP contribution < -0.4 is 32.7 Å². The third-order valence-corrected chi connectivity index (χ3v) is 11.3. The van der Waals surface area contributed by atoms with Crippen molar-refractivity contribution in [2.75, 3.05) is 31.1 Å². The molecule has 0 saturated heterocycles. The molecule has 12 N–H and O–H groups in total. The number of nitrogens with one attached hydrogen (secondary N) is 4.